The van der Waals surface area contributed by atoms with Crippen molar-refractivity contribution >= 4 is 5.97 Å². The quantitative estimate of drug-likeness (QED) is 0.0450. The number of carboxylic acids is 1. The lowest BCUT2D eigenvalue weighted by molar-refractivity contribution is -0.137. The first-order valence-electron chi connectivity index (χ1n) is 21.7. The van der Waals surface area contributed by atoms with Gasteiger partial charge < -0.3 is 15.3 Å². The molecule has 0 amide bonds. The summed E-state index contributed by atoms with van der Waals surface area (Å²) in [5.74, 6) is -0.664. The number of hydrogen-bond acceptors (Lipinski definition) is 3. The minimum absolute atomic E-state index is 0.332. The Labute approximate surface area is 302 Å². The molecule has 0 saturated carbocycles. The maximum Gasteiger partial charge on any atom is 0.303 e. The zero-order chi connectivity index (χ0) is 35.9. The molecule has 0 rings (SSSR count). The molecule has 0 atom stereocenters. The lowest BCUT2D eigenvalue weighted by Gasteiger charge is -2.01. The Hall–Kier alpha value is -0.870. The Balaban J connectivity index is -0.000000651. The van der Waals surface area contributed by atoms with Gasteiger partial charge in [-0.3, -0.25) is 4.79 Å². The summed E-state index contributed by atoms with van der Waals surface area (Å²) in [7, 11) is 0. The Kier molecular flexibility index (Phi) is 56.8. The molecule has 0 bridgehead atoms. The molecular formula is C44H90O4. The predicted octanol–water partition coefficient (Wildman–Crippen LogP) is 14.7. The van der Waals surface area contributed by atoms with Gasteiger partial charge in [0.1, 0.15) is 0 Å². The second-order valence-corrected chi connectivity index (χ2v) is 14.2. The topological polar surface area (TPSA) is 77.8 Å². The van der Waals surface area contributed by atoms with Crippen LogP contribution in [0.2, 0.25) is 0 Å². The molecule has 0 aliphatic heterocycles. The predicted molar refractivity (Wildman–Crippen MR) is 214 cm³/mol. The SMILES string of the molecule is CCCCCCCCC=CCCCCCCCC(=O)O.CCCCCCCCCCCCCCO.CCCCCCCCCCCCO. The molecule has 0 saturated heterocycles. The number of aliphatic hydroxyl groups is 2. The van der Waals surface area contributed by atoms with Crippen LogP contribution in [0.3, 0.4) is 0 Å². The number of aliphatic hydroxyl groups excluding tert-OH is 2. The third-order valence-corrected chi connectivity index (χ3v) is 9.18. The third-order valence-electron chi connectivity index (χ3n) is 9.18. The van der Waals surface area contributed by atoms with Crippen LogP contribution < -0.4 is 0 Å². The van der Waals surface area contributed by atoms with Crippen LogP contribution in [0.5, 0.6) is 0 Å². The molecule has 0 aromatic rings. The van der Waals surface area contributed by atoms with E-state index in [-0.39, 0.29) is 0 Å². The van der Waals surface area contributed by atoms with E-state index in [0.717, 1.165) is 25.7 Å². The molecule has 0 aromatic heterocycles. The number of carboxylic acid groups (broad SMARTS) is 1. The summed E-state index contributed by atoms with van der Waals surface area (Å²) in [4.78, 5) is 10.3. The number of rotatable bonds is 37. The fourth-order valence-electron chi connectivity index (χ4n) is 5.90. The summed E-state index contributed by atoms with van der Waals surface area (Å²) >= 11 is 0. The first-order chi connectivity index (χ1) is 23.6. The van der Waals surface area contributed by atoms with Crippen molar-refractivity contribution in [3.63, 3.8) is 0 Å². The van der Waals surface area contributed by atoms with Crippen LogP contribution in [0.4, 0.5) is 0 Å². The second kappa shape index (κ2) is 52.9. The van der Waals surface area contributed by atoms with Gasteiger partial charge in [0.2, 0.25) is 0 Å². The van der Waals surface area contributed by atoms with Crippen molar-refractivity contribution in [2.75, 3.05) is 13.2 Å². The summed E-state index contributed by atoms with van der Waals surface area (Å²) in [5.41, 5.74) is 0. The molecule has 290 valence electrons. The van der Waals surface area contributed by atoms with Crippen molar-refractivity contribution in [3.8, 4) is 0 Å². The zero-order valence-electron chi connectivity index (χ0n) is 33.3. The van der Waals surface area contributed by atoms with Gasteiger partial charge in [-0.25, -0.2) is 0 Å². The smallest absolute Gasteiger partial charge is 0.303 e. The van der Waals surface area contributed by atoms with Crippen LogP contribution in [0.15, 0.2) is 12.2 Å². The number of allylic oxidation sites excluding steroid dienone is 2. The van der Waals surface area contributed by atoms with Gasteiger partial charge in [0, 0.05) is 19.6 Å². The Morgan fingerprint density at radius 2 is 0.583 bits per heavy atom. The molecule has 48 heavy (non-hydrogen) atoms. The largest absolute Gasteiger partial charge is 0.481 e. The monoisotopic (exact) mass is 683 g/mol. The Morgan fingerprint density at radius 3 is 0.833 bits per heavy atom. The highest BCUT2D eigenvalue weighted by molar-refractivity contribution is 5.66. The van der Waals surface area contributed by atoms with Crippen molar-refractivity contribution in [1.82, 2.24) is 0 Å². The molecular weight excluding hydrogens is 592 g/mol. The van der Waals surface area contributed by atoms with Gasteiger partial charge in [0.25, 0.3) is 0 Å². The first kappa shape index (κ1) is 51.5. The Morgan fingerprint density at radius 1 is 0.354 bits per heavy atom. The average molecular weight is 683 g/mol. The number of carbonyl (C=O) groups is 1. The molecule has 0 radical (unpaired) electrons. The van der Waals surface area contributed by atoms with Gasteiger partial charge >= 0.3 is 5.97 Å². The fourth-order valence-corrected chi connectivity index (χ4v) is 5.90. The fraction of sp³-hybridized carbons (Fsp3) is 0.932. The second-order valence-electron chi connectivity index (χ2n) is 14.2. The molecule has 3 N–H and O–H groups in total. The summed E-state index contributed by atoms with van der Waals surface area (Å²) in [6.45, 7) is 7.53. The van der Waals surface area contributed by atoms with Crippen molar-refractivity contribution in [3.05, 3.63) is 12.2 Å². The standard InChI is InChI=1S/C18H34O2.C14H30O.C12H26O/c1-2-3-4-5-6-7-8-9-10-11-12-13-14-15-16-17-18(19)20;1-2-3-4-5-6-7-8-9-10-11-12-13-14-15;1-2-3-4-5-6-7-8-9-10-11-12-13/h9-10H,2-8,11-17H2,1H3,(H,19,20);15H,2-14H2,1H3;13H,2-12H2,1H3. The highest BCUT2D eigenvalue weighted by Gasteiger charge is 1.96. The summed E-state index contributed by atoms with van der Waals surface area (Å²) in [5, 5.41) is 25.7. The average Bonchev–Trinajstić information content (AvgIpc) is 3.09. The minimum atomic E-state index is -0.664. The van der Waals surface area contributed by atoms with Gasteiger partial charge in [-0.2, -0.15) is 0 Å². The van der Waals surface area contributed by atoms with Crippen LogP contribution in [-0.2, 0) is 4.79 Å². The number of aliphatic carboxylic acids is 1. The summed E-state index contributed by atoms with van der Waals surface area (Å²) < 4.78 is 0. The third kappa shape index (κ3) is 60.5. The lowest BCUT2D eigenvalue weighted by atomic mass is 10.1. The van der Waals surface area contributed by atoms with Crippen molar-refractivity contribution in [2.45, 2.75) is 252 Å². The van der Waals surface area contributed by atoms with Crippen LogP contribution in [0, 0.1) is 0 Å². The highest BCUT2D eigenvalue weighted by Crippen LogP contribution is 2.13. The first-order valence-corrected chi connectivity index (χ1v) is 21.7. The van der Waals surface area contributed by atoms with E-state index >= 15 is 0 Å². The van der Waals surface area contributed by atoms with E-state index < -0.39 is 5.97 Å². The van der Waals surface area contributed by atoms with Gasteiger partial charge in [0.05, 0.1) is 0 Å². The van der Waals surface area contributed by atoms with Crippen LogP contribution >= 0.6 is 0 Å². The van der Waals surface area contributed by atoms with E-state index in [2.05, 4.69) is 32.9 Å². The molecule has 0 aliphatic carbocycles. The van der Waals surface area contributed by atoms with Gasteiger partial charge in [0.15, 0.2) is 0 Å². The van der Waals surface area contributed by atoms with Crippen LogP contribution in [-0.4, -0.2) is 34.5 Å². The molecule has 4 nitrogen and oxygen atoms in total. The molecule has 0 unspecified atom stereocenters. The molecule has 0 aromatic carbocycles. The molecule has 4 heteroatoms. The molecule has 0 fully saturated rings. The minimum Gasteiger partial charge on any atom is -0.481 e. The van der Waals surface area contributed by atoms with Crippen LogP contribution in [0.1, 0.15) is 252 Å². The van der Waals surface area contributed by atoms with Crippen LogP contribution in [0.25, 0.3) is 0 Å². The lowest BCUT2D eigenvalue weighted by Crippen LogP contribution is -1.93. The molecule has 0 aliphatic rings. The van der Waals surface area contributed by atoms with E-state index in [1.165, 1.54) is 199 Å². The van der Waals surface area contributed by atoms with E-state index in [1.54, 1.807) is 0 Å². The Bertz CT molecular complexity index is 540. The molecule has 0 spiro atoms. The molecule has 0 heterocycles. The van der Waals surface area contributed by atoms with E-state index in [9.17, 15) is 4.79 Å². The van der Waals surface area contributed by atoms with E-state index in [4.69, 9.17) is 15.3 Å². The normalized spacial score (nSPS) is 10.9. The summed E-state index contributed by atoms with van der Waals surface area (Å²) in [6, 6.07) is 0. The van der Waals surface area contributed by atoms with Crippen molar-refractivity contribution < 1.29 is 20.1 Å². The van der Waals surface area contributed by atoms with Crippen molar-refractivity contribution in [2.24, 2.45) is 0 Å². The maximum atomic E-state index is 10.3. The van der Waals surface area contributed by atoms with E-state index in [0.29, 0.717) is 19.6 Å². The number of unbranched alkanes of at least 4 members (excludes halogenated alkanes) is 31. The van der Waals surface area contributed by atoms with Gasteiger partial charge in [-0.05, 0) is 44.9 Å². The number of hydrogen-bond donors (Lipinski definition) is 3. The van der Waals surface area contributed by atoms with Gasteiger partial charge in [-0.1, -0.05) is 213 Å². The van der Waals surface area contributed by atoms with Gasteiger partial charge in [-0.15, -0.1) is 0 Å². The zero-order valence-corrected chi connectivity index (χ0v) is 33.3. The highest BCUT2D eigenvalue weighted by atomic mass is 16.4. The summed E-state index contributed by atoms with van der Waals surface area (Å²) in [6.07, 6.45) is 50.8. The maximum absolute atomic E-state index is 10.3. The van der Waals surface area contributed by atoms with E-state index in [1.807, 2.05) is 0 Å². The van der Waals surface area contributed by atoms with Crippen molar-refractivity contribution in [1.29, 1.82) is 0 Å².